The minimum atomic E-state index is -0.356. The fourth-order valence-corrected chi connectivity index (χ4v) is 4.35. The Balaban J connectivity index is 1.46. The SMILES string of the molecule is COc1ccc2c(c1)CC(=O)N(c1ccc3nc(NC(=O)C4CC4)sc3c1)C2=O. The van der Waals surface area contributed by atoms with Crippen LogP contribution in [-0.2, 0) is 16.0 Å². The zero-order chi connectivity index (χ0) is 20.1. The summed E-state index contributed by atoms with van der Waals surface area (Å²) in [6.45, 7) is 0. The lowest BCUT2D eigenvalue weighted by molar-refractivity contribution is -0.118. The number of aromatic nitrogens is 1. The molecule has 146 valence electrons. The smallest absolute Gasteiger partial charge is 0.265 e. The van der Waals surface area contributed by atoms with Crippen molar-refractivity contribution in [2.45, 2.75) is 19.3 Å². The van der Waals surface area contributed by atoms with Crippen LogP contribution in [0.2, 0.25) is 0 Å². The summed E-state index contributed by atoms with van der Waals surface area (Å²) in [7, 11) is 1.55. The maximum Gasteiger partial charge on any atom is 0.265 e. The van der Waals surface area contributed by atoms with Crippen LogP contribution in [0.4, 0.5) is 10.8 Å². The van der Waals surface area contributed by atoms with E-state index in [1.807, 2.05) is 0 Å². The molecule has 3 amide bonds. The Morgan fingerprint density at radius 2 is 2.03 bits per heavy atom. The third kappa shape index (κ3) is 3.15. The van der Waals surface area contributed by atoms with Crippen molar-refractivity contribution < 1.29 is 19.1 Å². The lowest BCUT2D eigenvalue weighted by atomic mass is 9.97. The van der Waals surface area contributed by atoms with Crippen LogP contribution in [0.5, 0.6) is 5.75 Å². The van der Waals surface area contributed by atoms with Gasteiger partial charge in [-0.3, -0.25) is 14.4 Å². The monoisotopic (exact) mass is 407 g/mol. The Hall–Kier alpha value is -3.26. The molecule has 2 aromatic carbocycles. The summed E-state index contributed by atoms with van der Waals surface area (Å²) in [5, 5.41) is 3.37. The summed E-state index contributed by atoms with van der Waals surface area (Å²) in [6.07, 6.45) is 1.97. The molecular formula is C21H17N3O4S. The zero-order valence-corrected chi connectivity index (χ0v) is 16.4. The number of rotatable bonds is 4. The molecule has 2 heterocycles. The summed E-state index contributed by atoms with van der Waals surface area (Å²) < 4.78 is 5.99. The number of carbonyl (C=O) groups excluding carboxylic acids is 3. The number of benzene rings is 2. The number of imide groups is 1. The molecule has 0 saturated heterocycles. The highest BCUT2D eigenvalue weighted by molar-refractivity contribution is 7.22. The van der Waals surface area contributed by atoms with Gasteiger partial charge in [0.25, 0.3) is 5.91 Å². The van der Waals surface area contributed by atoms with E-state index in [1.165, 1.54) is 16.2 Å². The maximum absolute atomic E-state index is 13.0. The van der Waals surface area contributed by atoms with Crippen molar-refractivity contribution in [1.82, 2.24) is 4.98 Å². The number of fused-ring (bicyclic) bond motifs is 2. The van der Waals surface area contributed by atoms with Crippen LogP contribution in [0.3, 0.4) is 0 Å². The quantitative estimate of drug-likeness (QED) is 0.670. The Morgan fingerprint density at radius 1 is 1.21 bits per heavy atom. The average Bonchev–Trinajstić information content (AvgIpc) is 3.48. The van der Waals surface area contributed by atoms with Crippen molar-refractivity contribution in [3.05, 3.63) is 47.5 Å². The molecule has 1 N–H and O–H groups in total. The minimum absolute atomic E-state index is 0.00213. The van der Waals surface area contributed by atoms with Crippen LogP contribution in [0, 0.1) is 5.92 Å². The number of amides is 3. The Labute approximate surface area is 170 Å². The van der Waals surface area contributed by atoms with Crippen LogP contribution < -0.4 is 15.0 Å². The topological polar surface area (TPSA) is 88.6 Å². The van der Waals surface area contributed by atoms with E-state index in [2.05, 4.69) is 10.3 Å². The second kappa shape index (κ2) is 6.66. The zero-order valence-electron chi connectivity index (χ0n) is 15.6. The van der Waals surface area contributed by atoms with Gasteiger partial charge in [-0.15, -0.1) is 0 Å². The molecule has 0 radical (unpaired) electrons. The van der Waals surface area contributed by atoms with Gasteiger partial charge in [0.2, 0.25) is 11.8 Å². The van der Waals surface area contributed by atoms with E-state index in [0.717, 1.165) is 17.5 Å². The minimum Gasteiger partial charge on any atom is -0.497 e. The molecule has 1 saturated carbocycles. The molecule has 0 atom stereocenters. The van der Waals surface area contributed by atoms with Crippen molar-refractivity contribution >= 4 is 50.1 Å². The van der Waals surface area contributed by atoms with E-state index < -0.39 is 0 Å². The largest absolute Gasteiger partial charge is 0.497 e. The molecule has 29 heavy (non-hydrogen) atoms. The number of nitrogens with one attached hydrogen (secondary N) is 1. The fraction of sp³-hybridized carbons (Fsp3) is 0.238. The van der Waals surface area contributed by atoms with Crippen LogP contribution in [0.1, 0.15) is 28.8 Å². The van der Waals surface area contributed by atoms with Gasteiger partial charge in [-0.05, 0) is 54.8 Å². The van der Waals surface area contributed by atoms with Crippen molar-refractivity contribution in [3.8, 4) is 5.75 Å². The molecular weight excluding hydrogens is 390 g/mol. The highest BCUT2D eigenvalue weighted by Crippen LogP contribution is 2.35. The lowest BCUT2D eigenvalue weighted by Gasteiger charge is -2.27. The van der Waals surface area contributed by atoms with Gasteiger partial charge in [-0.1, -0.05) is 11.3 Å². The number of anilines is 2. The van der Waals surface area contributed by atoms with Gasteiger partial charge in [0.1, 0.15) is 5.75 Å². The Bertz CT molecular complexity index is 1180. The predicted octanol–water partition coefficient (Wildman–Crippen LogP) is 3.38. The van der Waals surface area contributed by atoms with Gasteiger partial charge in [0.15, 0.2) is 5.13 Å². The Kier molecular flexibility index (Phi) is 4.09. The predicted molar refractivity (Wildman–Crippen MR) is 109 cm³/mol. The van der Waals surface area contributed by atoms with Gasteiger partial charge < -0.3 is 10.1 Å². The first-order valence-electron chi connectivity index (χ1n) is 9.29. The highest BCUT2D eigenvalue weighted by Gasteiger charge is 2.33. The first kappa shape index (κ1) is 17.8. The first-order valence-corrected chi connectivity index (χ1v) is 10.1. The standard InChI is InChI=1S/C21H17N3O4S/c1-28-14-5-6-15-12(8-14)9-18(25)24(20(15)27)13-4-7-16-17(10-13)29-21(22-16)23-19(26)11-2-3-11/h4-8,10-11H,2-3,9H2,1H3,(H,22,23,26). The Morgan fingerprint density at radius 3 is 2.79 bits per heavy atom. The van der Waals surface area contributed by atoms with Crippen molar-refractivity contribution in [2.75, 3.05) is 17.3 Å². The number of carbonyl (C=O) groups is 3. The second-order valence-electron chi connectivity index (χ2n) is 7.17. The molecule has 8 heteroatoms. The van der Waals surface area contributed by atoms with Gasteiger partial charge in [-0.2, -0.15) is 0 Å². The van der Waals surface area contributed by atoms with Crippen molar-refractivity contribution in [3.63, 3.8) is 0 Å². The van der Waals surface area contributed by atoms with Crippen molar-refractivity contribution in [2.24, 2.45) is 5.92 Å². The number of ether oxygens (including phenoxy) is 1. The maximum atomic E-state index is 13.0. The summed E-state index contributed by atoms with van der Waals surface area (Å²) in [5.74, 6) is 0.0640. The molecule has 0 bridgehead atoms. The molecule has 7 nitrogen and oxygen atoms in total. The van der Waals surface area contributed by atoms with E-state index in [1.54, 1.807) is 43.5 Å². The van der Waals surface area contributed by atoms with Crippen LogP contribution in [0.15, 0.2) is 36.4 Å². The van der Waals surface area contributed by atoms with Crippen LogP contribution in [0.25, 0.3) is 10.2 Å². The van der Waals surface area contributed by atoms with Gasteiger partial charge in [0.05, 0.1) is 29.4 Å². The average molecular weight is 407 g/mol. The summed E-state index contributed by atoms with van der Waals surface area (Å²) in [5.41, 5.74) is 2.37. The summed E-state index contributed by atoms with van der Waals surface area (Å²) >= 11 is 1.33. The first-order chi connectivity index (χ1) is 14.0. The fourth-order valence-electron chi connectivity index (χ4n) is 3.45. The molecule has 5 rings (SSSR count). The third-order valence-electron chi connectivity index (χ3n) is 5.15. The summed E-state index contributed by atoms with van der Waals surface area (Å²) in [6, 6.07) is 10.4. The van der Waals surface area contributed by atoms with Crippen LogP contribution >= 0.6 is 11.3 Å². The molecule has 2 aliphatic rings. The van der Waals surface area contributed by atoms with E-state index in [9.17, 15) is 14.4 Å². The van der Waals surface area contributed by atoms with E-state index in [4.69, 9.17) is 4.74 Å². The van der Waals surface area contributed by atoms with Gasteiger partial charge in [-0.25, -0.2) is 9.88 Å². The molecule has 0 spiro atoms. The van der Waals surface area contributed by atoms with Gasteiger partial charge >= 0.3 is 0 Å². The molecule has 1 aromatic heterocycles. The van der Waals surface area contributed by atoms with Crippen LogP contribution in [-0.4, -0.2) is 29.8 Å². The number of hydrogen-bond donors (Lipinski definition) is 1. The molecule has 0 unspecified atom stereocenters. The molecule has 1 fully saturated rings. The molecule has 3 aromatic rings. The van der Waals surface area contributed by atoms with E-state index in [0.29, 0.717) is 33.2 Å². The number of nitrogens with zero attached hydrogens (tertiary/aromatic N) is 2. The normalized spacial score (nSPS) is 16.1. The summed E-state index contributed by atoms with van der Waals surface area (Å²) in [4.78, 5) is 43.3. The molecule has 1 aliphatic heterocycles. The van der Waals surface area contributed by atoms with E-state index >= 15 is 0 Å². The third-order valence-corrected chi connectivity index (χ3v) is 6.08. The van der Waals surface area contributed by atoms with E-state index in [-0.39, 0.29) is 30.1 Å². The number of hydrogen-bond acceptors (Lipinski definition) is 6. The number of thiazole rings is 1. The second-order valence-corrected chi connectivity index (χ2v) is 8.20. The van der Waals surface area contributed by atoms with Gasteiger partial charge in [0, 0.05) is 11.5 Å². The number of methoxy groups -OCH3 is 1. The lowest BCUT2D eigenvalue weighted by Crippen LogP contribution is -2.42. The molecule has 1 aliphatic carbocycles. The highest BCUT2D eigenvalue weighted by atomic mass is 32.1. The van der Waals surface area contributed by atoms with Crippen molar-refractivity contribution in [1.29, 1.82) is 0 Å².